The highest BCUT2D eigenvalue weighted by atomic mass is 16.5. The molecule has 42 valence electrons. The molecule has 0 saturated carbocycles. The van der Waals surface area contributed by atoms with Gasteiger partial charge in [-0.05, 0) is 0 Å². The largest absolute Gasteiger partial charge is 0.341 e. The molecule has 0 saturated heterocycles. The quantitative estimate of drug-likeness (QED) is 0.457. The van der Waals surface area contributed by atoms with Gasteiger partial charge in [0.05, 0.1) is 0 Å². The van der Waals surface area contributed by atoms with Crippen LogP contribution in [0.4, 0.5) is 0 Å². The third kappa shape index (κ3) is 0.884. The standard InChI is InChI=1S/C4H7BN2O/c1-3-6-4(5-2)7-8-3/h5H,1-2H3. The molecule has 8 heavy (non-hydrogen) atoms. The summed E-state index contributed by atoms with van der Waals surface area (Å²) < 4.78 is 4.69. The molecule has 0 amide bonds. The normalized spacial score (nSPS) is 9.25. The molecule has 3 nitrogen and oxygen atoms in total. The van der Waals surface area contributed by atoms with Gasteiger partial charge in [-0.3, -0.25) is 0 Å². The summed E-state index contributed by atoms with van der Waals surface area (Å²) in [5, 5.41) is 3.65. The van der Waals surface area contributed by atoms with Crippen LogP contribution < -0.4 is 5.72 Å². The maximum atomic E-state index is 4.69. The summed E-state index contributed by atoms with van der Waals surface area (Å²) in [7, 11) is 0.845. The second-order valence-electron chi connectivity index (χ2n) is 1.58. The highest BCUT2D eigenvalue weighted by molar-refractivity contribution is 6.49. The molecule has 0 unspecified atom stereocenters. The number of hydrogen-bond acceptors (Lipinski definition) is 3. The summed E-state index contributed by atoms with van der Waals surface area (Å²) in [6.07, 6.45) is 0. The molecule has 0 aliphatic rings. The van der Waals surface area contributed by atoms with E-state index in [2.05, 4.69) is 10.1 Å². The molecule has 1 aromatic heterocycles. The average molecular weight is 110 g/mol. The van der Waals surface area contributed by atoms with Gasteiger partial charge < -0.3 is 4.52 Å². The van der Waals surface area contributed by atoms with Gasteiger partial charge in [-0.2, -0.15) is 0 Å². The Hall–Kier alpha value is -0.795. The summed E-state index contributed by atoms with van der Waals surface area (Å²) in [5.74, 6) is 0.641. The van der Waals surface area contributed by atoms with Crippen LogP contribution in [0.5, 0.6) is 0 Å². The topological polar surface area (TPSA) is 38.9 Å². The van der Waals surface area contributed by atoms with E-state index in [0.717, 1.165) is 13.0 Å². The molecule has 0 aliphatic heterocycles. The zero-order valence-electron chi connectivity index (χ0n) is 5.01. The molecular weight excluding hydrogens is 103 g/mol. The van der Waals surface area contributed by atoms with Crippen molar-refractivity contribution in [2.75, 3.05) is 0 Å². The predicted molar refractivity (Wildman–Crippen MR) is 31.7 cm³/mol. The van der Waals surface area contributed by atoms with Crippen LogP contribution in [-0.4, -0.2) is 17.4 Å². The number of hydrogen-bond donors (Lipinski definition) is 0. The van der Waals surface area contributed by atoms with Gasteiger partial charge in [-0.25, -0.2) is 4.98 Å². The Morgan fingerprint density at radius 1 is 1.62 bits per heavy atom. The van der Waals surface area contributed by atoms with Crippen LogP contribution in [0, 0.1) is 6.92 Å². The van der Waals surface area contributed by atoms with E-state index in [4.69, 9.17) is 4.52 Å². The molecule has 0 bridgehead atoms. The fourth-order valence-electron chi connectivity index (χ4n) is 0.485. The molecule has 4 heteroatoms. The summed E-state index contributed by atoms with van der Waals surface area (Å²) >= 11 is 0. The second-order valence-corrected chi connectivity index (χ2v) is 1.58. The van der Waals surface area contributed by atoms with Gasteiger partial charge in [0.15, 0.2) is 0 Å². The van der Waals surface area contributed by atoms with Crippen LogP contribution in [0.1, 0.15) is 5.89 Å². The first-order chi connectivity index (χ1) is 3.83. The van der Waals surface area contributed by atoms with Gasteiger partial charge in [-0.15, -0.1) is 0 Å². The summed E-state index contributed by atoms with van der Waals surface area (Å²) in [6.45, 7) is 3.77. The zero-order chi connectivity index (χ0) is 5.98. The fraction of sp³-hybridized carbons (Fsp3) is 0.500. The Balaban J connectivity index is 2.84. The molecule has 1 aromatic rings. The summed E-state index contributed by atoms with van der Waals surface area (Å²) in [6, 6.07) is 0. The lowest BCUT2D eigenvalue weighted by molar-refractivity contribution is 0.396. The third-order valence-corrected chi connectivity index (χ3v) is 0.886. The lowest BCUT2D eigenvalue weighted by Gasteiger charge is -1.71. The molecule has 1 rings (SSSR count). The Kier molecular flexibility index (Phi) is 1.33. The van der Waals surface area contributed by atoms with E-state index in [9.17, 15) is 0 Å². The van der Waals surface area contributed by atoms with Gasteiger partial charge in [0.1, 0.15) is 5.72 Å². The van der Waals surface area contributed by atoms with Crippen LogP contribution in [0.15, 0.2) is 4.52 Å². The van der Waals surface area contributed by atoms with Crippen molar-refractivity contribution >= 4 is 13.0 Å². The molecule has 0 aromatic carbocycles. The van der Waals surface area contributed by atoms with E-state index in [1.54, 1.807) is 6.92 Å². The molecule has 1 heterocycles. The van der Waals surface area contributed by atoms with Crippen molar-refractivity contribution < 1.29 is 4.52 Å². The minimum absolute atomic E-state index is 0.641. The monoisotopic (exact) mass is 110 g/mol. The molecule has 0 radical (unpaired) electrons. The van der Waals surface area contributed by atoms with Crippen molar-refractivity contribution in [2.45, 2.75) is 13.7 Å². The van der Waals surface area contributed by atoms with Gasteiger partial charge in [-0.1, -0.05) is 12.0 Å². The first-order valence-corrected chi connectivity index (χ1v) is 2.62. The van der Waals surface area contributed by atoms with E-state index in [1.807, 2.05) is 6.82 Å². The van der Waals surface area contributed by atoms with Crippen LogP contribution in [0.3, 0.4) is 0 Å². The fourth-order valence-corrected chi connectivity index (χ4v) is 0.485. The number of aryl methyl sites for hydroxylation is 1. The average Bonchev–Trinajstić information content (AvgIpc) is 2.14. The van der Waals surface area contributed by atoms with E-state index >= 15 is 0 Å². The molecule has 0 atom stereocenters. The maximum absolute atomic E-state index is 4.69. The van der Waals surface area contributed by atoms with Crippen molar-refractivity contribution in [1.82, 2.24) is 10.1 Å². The Morgan fingerprint density at radius 3 is 2.62 bits per heavy atom. The van der Waals surface area contributed by atoms with E-state index < -0.39 is 0 Å². The van der Waals surface area contributed by atoms with Crippen LogP contribution in [0.25, 0.3) is 0 Å². The van der Waals surface area contributed by atoms with Gasteiger partial charge in [0.25, 0.3) is 0 Å². The smallest absolute Gasteiger partial charge is 0.222 e. The van der Waals surface area contributed by atoms with Crippen molar-refractivity contribution in [2.24, 2.45) is 0 Å². The molecule has 0 aliphatic carbocycles. The van der Waals surface area contributed by atoms with E-state index in [1.165, 1.54) is 0 Å². The predicted octanol–water partition coefficient (Wildman–Crippen LogP) is -0.512. The van der Waals surface area contributed by atoms with Gasteiger partial charge in [0, 0.05) is 6.92 Å². The molecule has 0 spiro atoms. The van der Waals surface area contributed by atoms with Crippen molar-refractivity contribution in [1.29, 1.82) is 0 Å². The Morgan fingerprint density at radius 2 is 2.38 bits per heavy atom. The number of aromatic nitrogens is 2. The zero-order valence-corrected chi connectivity index (χ0v) is 5.01. The molecular formula is C4H7BN2O. The summed E-state index contributed by atoms with van der Waals surface area (Å²) in [4.78, 5) is 3.95. The Bertz CT molecular complexity index is 174. The number of rotatable bonds is 1. The lowest BCUT2D eigenvalue weighted by Crippen LogP contribution is -2.14. The summed E-state index contributed by atoms with van der Waals surface area (Å²) in [5.41, 5.74) is 0.780. The highest BCUT2D eigenvalue weighted by Gasteiger charge is 1.96. The first kappa shape index (κ1) is 5.34. The van der Waals surface area contributed by atoms with E-state index in [-0.39, 0.29) is 0 Å². The SMILES string of the molecule is CBc1noc(C)n1. The van der Waals surface area contributed by atoms with Crippen LogP contribution in [-0.2, 0) is 0 Å². The molecule has 0 N–H and O–H groups in total. The number of nitrogens with zero attached hydrogens (tertiary/aromatic N) is 2. The maximum Gasteiger partial charge on any atom is 0.222 e. The first-order valence-electron chi connectivity index (χ1n) is 2.62. The minimum Gasteiger partial charge on any atom is -0.341 e. The second kappa shape index (κ2) is 1.98. The molecule has 0 fully saturated rings. The van der Waals surface area contributed by atoms with Crippen molar-refractivity contribution in [3.8, 4) is 0 Å². The van der Waals surface area contributed by atoms with Crippen LogP contribution >= 0.6 is 0 Å². The van der Waals surface area contributed by atoms with Crippen LogP contribution in [0.2, 0.25) is 6.82 Å². The minimum atomic E-state index is 0.641. The van der Waals surface area contributed by atoms with Crippen molar-refractivity contribution in [3.05, 3.63) is 5.89 Å². The van der Waals surface area contributed by atoms with Crippen molar-refractivity contribution in [3.63, 3.8) is 0 Å². The van der Waals surface area contributed by atoms with Gasteiger partial charge in [0.2, 0.25) is 13.2 Å². The lowest BCUT2D eigenvalue weighted by atomic mass is 9.82. The Labute approximate surface area is 48.3 Å². The van der Waals surface area contributed by atoms with Gasteiger partial charge >= 0.3 is 0 Å². The highest BCUT2D eigenvalue weighted by Crippen LogP contribution is 1.80. The third-order valence-electron chi connectivity index (χ3n) is 0.886. The van der Waals surface area contributed by atoms with E-state index in [0.29, 0.717) is 5.89 Å².